The second-order valence-electron chi connectivity index (χ2n) is 7.72. The lowest BCUT2D eigenvalue weighted by Crippen LogP contribution is -2.20. The zero-order chi connectivity index (χ0) is 23.5. The fraction of sp³-hybridized carbons (Fsp3) is 0.0800. The number of para-hydroxylation sites is 1. The van der Waals surface area contributed by atoms with Gasteiger partial charge in [0.1, 0.15) is 17.4 Å². The highest BCUT2D eigenvalue weighted by molar-refractivity contribution is 6.01. The first kappa shape index (κ1) is 21.6. The number of carbonyl (C=O) groups excluding carboxylic acids is 1. The van der Waals surface area contributed by atoms with Crippen LogP contribution in [0.3, 0.4) is 0 Å². The monoisotopic (exact) mass is 440 g/mol. The molecule has 0 fully saturated rings. The Morgan fingerprint density at radius 3 is 2.24 bits per heavy atom. The number of primary amides is 1. The summed E-state index contributed by atoms with van der Waals surface area (Å²) in [6.45, 7) is -0.227. The number of hydrogen-bond acceptors (Lipinski definition) is 4. The molecule has 9 N–H and O–H groups in total. The lowest BCUT2D eigenvalue weighted by atomic mass is 9.83. The average molecular weight is 441 g/mol. The SMILES string of the molecule is N=C(N)c1cc(C(=N)N)cc(C(c2cccc(OCC(N)=O)c2)c2c[nH]c3ccccc23)c1. The summed E-state index contributed by atoms with van der Waals surface area (Å²) in [6, 6.07) is 20.7. The van der Waals surface area contributed by atoms with E-state index in [0.717, 1.165) is 27.6 Å². The maximum atomic E-state index is 11.2. The van der Waals surface area contributed by atoms with Gasteiger partial charge in [0.25, 0.3) is 5.91 Å². The van der Waals surface area contributed by atoms with E-state index in [1.807, 2.05) is 60.8 Å². The van der Waals surface area contributed by atoms with Crippen molar-refractivity contribution in [3.8, 4) is 5.75 Å². The van der Waals surface area contributed by atoms with E-state index in [1.54, 1.807) is 12.1 Å². The minimum Gasteiger partial charge on any atom is -0.484 e. The number of nitrogen functional groups attached to an aromatic ring is 2. The minimum atomic E-state index is -0.561. The van der Waals surface area contributed by atoms with Crippen LogP contribution in [0.2, 0.25) is 0 Å². The number of fused-ring (bicyclic) bond motifs is 1. The molecule has 1 unspecified atom stereocenters. The number of ether oxygens (including phenoxy) is 1. The van der Waals surface area contributed by atoms with E-state index in [9.17, 15) is 4.79 Å². The van der Waals surface area contributed by atoms with Crippen LogP contribution in [0.5, 0.6) is 5.75 Å². The van der Waals surface area contributed by atoms with Crippen molar-refractivity contribution < 1.29 is 9.53 Å². The molecule has 0 aliphatic carbocycles. The second kappa shape index (κ2) is 8.88. The number of rotatable bonds is 8. The molecule has 4 aromatic rings. The van der Waals surface area contributed by atoms with Crippen LogP contribution in [0.15, 0.2) is 72.9 Å². The number of hydrogen-bond donors (Lipinski definition) is 6. The number of aromatic nitrogens is 1. The van der Waals surface area contributed by atoms with Crippen LogP contribution in [0.25, 0.3) is 10.9 Å². The summed E-state index contributed by atoms with van der Waals surface area (Å²) in [6.07, 6.45) is 1.94. The molecule has 3 aromatic carbocycles. The summed E-state index contributed by atoms with van der Waals surface area (Å²) in [5.74, 6) is -0.582. The van der Waals surface area contributed by atoms with Gasteiger partial charge in [-0.05, 0) is 53.1 Å². The maximum Gasteiger partial charge on any atom is 0.255 e. The van der Waals surface area contributed by atoms with Gasteiger partial charge in [-0.2, -0.15) is 0 Å². The first-order valence-corrected chi connectivity index (χ1v) is 10.2. The van der Waals surface area contributed by atoms with E-state index in [0.29, 0.717) is 16.9 Å². The number of aromatic amines is 1. The van der Waals surface area contributed by atoms with Gasteiger partial charge < -0.3 is 26.9 Å². The van der Waals surface area contributed by atoms with E-state index in [4.69, 9.17) is 32.8 Å². The van der Waals surface area contributed by atoms with Crippen molar-refractivity contribution in [1.29, 1.82) is 10.8 Å². The van der Waals surface area contributed by atoms with Crippen molar-refractivity contribution in [3.05, 3.63) is 101 Å². The Morgan fingerprint density at radius 2 is 1.58 bits per heavy atom. The van der Waals surface area contributed by atoms with Crippen molar-refractivity contribution >= 4 is 28.5 Å². The highest BCUT2D eigenvalue weighted by Crippen LogP contribution is 2.38. The number of nitrogens with two attached hydrogens (primary N) is 3. The first-order valence-electron chi connectivity index (χ1n) is 10.2. The molecule has 33 heavy (non-hydrogen) atoms. The van der Waals surface area contributed by atoms with Crippen molar-refractivity contribution in [2.45, 2.75) is 5.92 Å². The smallest absolute Gasteiger partial charge is 0.255 e. The third-order valence-corrected chi connectivity index (χ3v) is 5.42. The number of H-pyrrole nitrogens is 1. The second-order valence-corrected chi connectivity index (χ2v) is 7.72. The van der Waals surface area contributed by atoms with Gasteiger partial charge in [0.05, 0.1) is 0 Å². The molecule has 0 aliphatic heterocycles. The average Bonchev–Trinajstić information content (AvgIpc) is 3.22. The van der Waals surface area contributed by atoms with Crippen LogP contribution in [-0.4, -0.2) is 29.2 Å². The van der Waals surface area contributed by atoms with Gasteiger partial charge in [-0.25, -0.2) is 0 Å². The molecule has 8 heteroatoms. The fourth-order valence-electron chi connectivity index (χ4n) is 3.95. The Bertz CT molecular complexity index is 1340. The molecule has 1 aromatic heterocycles. The Hall–Kier alpha value is -4.59. The van der Waals surface area contributed by atoms with E-state index < -0.39 is 5.91 Å². The lowest BCUT2D eigenvalue weighted by Gasteiger charge is -2.21. The molecular weight excluding hydrogens is 416 g/mol. The van der Waals surface area contributed by atoms with Crippen LogP contribution < -0.4 is 21.9 Å². The fourth-order valence-corrected chi connectivity index (χ4v) is 3.95. The minimum absolute atomic E-state index is 0.115. The summed E-state index contributed by atoms with van der Waals surface area (Å²) in [7, 11) is 0. The summed E-state index contributed by atoms with van der Waals surface area (Å²) in [5, 5.41) is 16.9. The zero-order valence-electron chi connectivity index (χ0n) is 17.8. The molecule has 0 radical (unpaired) electrons. The molecule has 0 bridgehead atoms. The molecule has 1 atom stereocenters. The van der Waals surface area contributed by atoms with E-state index in [2.05, 4.69) is 4.98 Å². The predicted molar refractivity (Wildman–Crippen MR) is 129 cm³/mol. The summed E-state index contributed by atoms with van der Waals surface area (Å²) >= 11 is 0. The summed E-state index contributed by atoms with van der Waals surface area (Å²) < 4.78 is 5.53. The van der Waals surface area contributed by atoms with Crippen molar-refractivity contribution in [3.63, 3.8) is 0 Å². The van der Waals surface area contributed by atoms with Crippen LogP contribution in [0.1, 0.15) is 33.7 Å². The van der Waals surface area contributed by atoms with Crippen LogP contribution >= 0.6 is 0 Å². The van der Waals surface area contributed by atoms with Gasteiger partial charge in [0.15, 0.2) is 6.61 Å². The molecular formula is C25H24N6O2. The number of nitrogens with one attached hydrogen (secondary N) is 3. The quantitative estimate of drug-likeness (QED) is 0.183. The topological polar surface area (TPSA) is 168 Å². The first-order chi connectivity index (χ1) is 15.8. The molecule has 0 spiro atoms. The van der Waals surface area contributed by atoms with Gasteiger partial charge in [-0.1, -0.05) is 30.3 Å². The van der Waals surface area contributed by atoms with Crippen LogP contribution in [-0.2, 0) is 4.79 Å². The van der Waals surface area contributed by atoms with Crippen molar-refractivity contribution in [2.24, 2.45) is 17.2 Å². The summed E-state index contributed by atoms with van der Waals surface area (Å²) in [4.78, 5) is 14.5. The van der Waals surface area contributed by atoms with Crippen LogP contribution in [0.4, 0.5) is 0 Å². The number of amides is 1. The Kier molecular flexibility index (Phi) is 5.82. The summed E-state index contributed by atoms with van der Waals surface area (Å²) in [5.41, 5.74) is 21.4. The van der Waals surface area contributed by atoms with Gasteiger partial charge in [0, 0.05) is 34.1 Å². The Balaban J connectivity index is 1.94. The van der Waals surface area contributed by atoms with Gasteiger partial charge in [-0.15, -0.1) is 0 Å². The molecule has 1 heterocycles. The number of amidine groups is 2. The maximum absolute atomic E-state index is 11.2. The molecule has 0 aliphatic rings. The van der Waals surface area contributed by atoms with E-state index >= 15 is 0 Å². The zero-order valence-corrected chi connectivity index (χ0v) is 17.8. The van der Waals surface area contributed by atoms with Crippen molar-refractivity contribution in [2.75, 3.05) is 6.61 Å². The van der Waals surface area contributed by atoms with E-state index in [-0.39, 0.29) is 24.2 Å². The molecule has 0 saturated carbocycles. The molecule has 166 valence electrons. The molecule has 4 rings (SSSR count). The number of benzene rings is 3. The molecule has 0 saturated heterocycles. The van der Waals surface area contributed by atoms with Crippen molar-refractivity contribution in [1.82, 2.24) is 4.98 Å². The lowest BCUT2D eigenvalue weighted by molar-refractivity contribution is -0.119. The number of carbonyl (C=O) groups is 1. The standard InChI is InChI=1S/C25H24N6O2/c26-22(32)13-33-18-5-3-4-14(11-18)23(20-12-31-21-7-2-1-6-19(20)21)15-8-16(24(27)28)10-17(9-15)25(29)30/h1-12,23,31H,13H2,(H2,26,32)(H3,27,28)(H3,29,30). The molecule has 8 nitrogen and oxygen atoms in total. The molecule has 1 amide bonds. The van der Waals surface area contributed by atoms with Gasteiger partial charge in [-0.3, -0.25) is 15.6 Å². The third kappa shape index (κ3) is 4.54. The van der Waals surface area contributed by atoms with Crippen LogP contribution in [0, 0.1) is 10.8 Å². The third-order valence-electron chi connectivity index (χ3n) is 5.42. The van der Waals surface area contributed by atoms with Gasteiger partial charge >= 0.3 is 0 Å². The Morgan fingerprint density at radius 1 is 0.879 bits per heavy atom. The highest BCUT2D eigenvalue weighted by Gasteiger charge is 2.22. The predicted octanol–water partition coefficient (Wildman–Crippen LogP) is 2.78. The van der Waals surface area contributed by atoms with E-state index in [1.165, 1.54) is 0 Å². The Labute approximate surface area is 190 Å². The largest absolute Gasteiger partial charge is 0.484 e. The van der Waals surface area contributed by atoms with Gasteiger partial charge in [0.2, 0.25) is 0 Å². The normalized spacial score (nSPS) is 11.8. The highest BCUT2D eigenvalue weighted by atomic mass is 16.5.